The largest absolute Gasteiger partial charge is 0.331 e. The molecule has 20 heavy (non-hydrogen) atoms. The third kappa shape index (κ3) is 1.72. The van der Waals surface area contributed by atoms with E-state index in [1.807, 2.05) is 29.4 Å². The van der Waals surface area contributed by atoms with Crippen LogP contribution in [0.2, 0.25) is 0 Å². The van der Waals surface area contributed by atoms with Crippen LogP contribution in [0.1, 0.15) is 30.9 Å². The van der Waals surface area contributed by atoms with Crippen molar-refractivity contribution in [2.24, 2.45) is 5.73 Å². The van der Waals surface area contributed by atoms with Gasteiger partial charge in [0.2, 0.25) is 5.91 Å². The van der Waals surface area contributed by atoms with Crippen LogP contribution < -0.4 is 5.73 Å². The Bertz CT molecular complexity index is 675. The minimum Gasteiger partial charge on any atom is -0.331 e. The molecular formula is C16H17N3O. The molecule has 2 atom stereocenters. The average Bonchev–Trinajstić information content (AvgIpc) is 3.24. The summed E-state index contributed by atoms with van der Waals surface area (Å²) < 4.78 is 0. The summed E-state index contributed by atoms with van der Waals surface area (Å²) in [5, 5.41) is 2.26. The number of nitrogens with two attached hydrogens (primary N) is 1. The minimum atomic E-state index is -0.129. The molecule has 2 unspecified atom stereocenters. The van der Waals surface area contributed by atoms with Crippen LogP contribution in [0, 0.1) is 0 Å². The zero-order valence-corrected chi connectivity index (χ0v) is 11.2. The Morgan fingerprint density at radius 1 is 1.20 bits per heavy atom. The lowest BCUT2D eigenvalue weighted by atomic mass is 9.97. The van der Waals surface area contributed by atoms with Crippen LogP contribution in [0.15, 0.2) is 36.7 Å². The maximum absolute atomic E-state index is 12.2. The maximum Gasteiger partial charge on any atom is 0.225 e. The smallest absolute Gasteiger partial charge is 0.225 e. The second-order valence-electron chi connectivity index (χ2n) is 5.79. The molecule has 4 rings (SSSR count). The first kappa shape index (κ1) is 11.9. The Balaban J connectivity index is 1.86. The summed E-state index contributed by atoms with van der Waals surface area (Å²) in [4.78, 5) is 18.6. The van der Waals surface area contributed by atoms with Crippen LogP contribution >= 0.6 is 0 Å². The Kier molecular flexibility index (Phi) is 2.54. The highest BCUT2D eigenvalue weighted by Crippen LogP contribution is 2.42. The van der Waals surface area contributed by atoms with Crippen LogP contribution in [-0.4, -0.2) is 27.9 Å². The third-order valence-corrected chi connectivity index (χ3v) is 4.36. The Labute approximate surface area is 117 Å². The molecule has 102 valence electrons. The SMILES string of the molecule is NC1CC(=O)N(C2CC2)C1c1cncc2ccccc12. The van der Waals surface area contributed by atoms with E-state index < -0.39 is 0 Å². The highest BCUT2D eigenvalue weighted by atomic mass is 16.2. The van der Waals surface area contributed by atoms with E-state index in [0.29, 0.717) is 12.5 Å². The zero-order valence-electron chi connectivity index (χ0n) is 11.2. The van der Waals surface area contributed by atoms with E-state index in [1.165, 1.54) is 0 Å². The van der Waals surface area contributed by atoms with E-state index >= 15 is 0 Å². The van der Waals surface area contributed by atoms with Crippen LogP contribution in [0.3, 0.4) is 0 Å². The van der Waals surface area contributed by atoms with Gasteiger partial charge in [0.25, 0.3) is 0 Å². The van der Waals surface area contributed by atoms with Crippen molar-refractivity contribution in [2.75, 3.05) is 0 Å². The van der Waals surface area contributed by atoms with Crippen molar-refractivity contribution in [3.8, 4) is 0 Å². The molecule has 1 aliphatic carbocycles. The Hall–Kier alpha value is -1.94. The molecule has 4 nitrogen and oxygen atoms in total. The number of rotatable bonds is 2. The first-order valence-corrected chi connectivity index (χ1v) is 7.15. The average molecular weight is 267 g/mol. The number of pyridine rings is 1. The predicted molar refractivity (Wildman–Crippen MR) is 76.9 cm³/mol. The van der Waals surface area contributed by atoms with Gasteiger partial charge in [-0.25, -0.2) is 0 Å². The highest BCUT2D eigenvalue weighted by molar-refractivity contribution is 5.87. The lowest BCUT2D eigenvalue weighted by Gasteiger charge is -2.28. The maximum atomic E-state index is 12.2. The number of hydrogen-bond acceptors (Lipinski definition) is 3. The van der Waals surface area contributed by atoms with Crippen molar-refractivity contribution in [1.29, 1.82) is 0 Å². The molecule has 1 aliphatic heterocycles. The second kappa shape index (κ2) is 4.28. The number of aromatic nitrogens is 1. The molecule has 2 N–H and O–H groups in total. The quantitative estimate of drug-likeness (QED) is 0.905. The van der Waals surface area contributed by atoms with Gasteiger partial charge in [0.05, 0.1) is 6.04 Å². The molecule has 0 radical (unpaired) electrons. The van der Waals surface area contributed by atoms with E-state index in [2.05, 4.69) is 17.1 Å². The van der Waals surface area contributed by atoms with Crippen molar-refractivity contribution < 1.29 is 4.79 Å². The fourth-order valence-electron chi connectivity index (χ4n) is 3.32. The van der Waals surface area contributed by atoms with Crippen molar-refractivity contribution in [1.82, 2.24) is 9.88 Å². The second-order valence-corrected chi connectivity index (χ2v) is 5.79. The third-order valence-electron chi connectivity index (χ3n) is 4.36. The number of amides is 1. The number of fused-ring (bicyclic) bond motifs is 1. The molecule has 0 spiro atoms. The summed E-state index contributed by atoms with van der Waals surface area (Å²) in [6.45, 7) is 0. The molecule has 2 fully saturated rings. The van der Waals surface area contributed by atoms with Crippen molar-refractivity contribution in [2.45, 2.75) is 37.4 Å². The van der Waals surface area contributed by atoms with Crippen LogP contribution in [0.4, 0.5) is 0 Å². The molecule has 1 aromatic heterocycles. The summed E-state index contributed by atoms with van der Waals surface area (Å²) in [5.41, 5.74) is 7.35. The zero-order chi connectivity index (χ0) is 13.7. The summed E-state index contributed by atoms with van der Waals surface area (Å²) in [6.07, 6.45) is 6.40. The molecule has 1 amide bonds. The molecule has 1 saturated heterocycles. The van der Waals surface area contributed by atoms with Gasteiger partial charge in [0.1, 0.15) is 0 Å². The van der Waals surface area contributed by atoms with Gasteiger partial charge >= 0.3 is 0 Å². The number of likely N-dealkylation sites (tertiary alicyclic amines) is 1. The standard InChI is InChI=1S/C16H17N3O/c17-14-7-15(20)19(11-5-6-11)16(14)13-9-18-8-10-3-1-2-4-12(10)13/h1-4,8-9,11,14,16H,5-7,17H2. The van der Waals surface area contributed by atoms with Gasteiger partial charge < -0.3 is 10.6 Å². The van der Waals surface area contributed by atoms with E-state index in [4.69, 9.17) is 5.73 Å². The number of benzene rings is 1. The molecule has 1 aromatic carbocycles. The molecule has 2 aliphatic rings. The fraction of sp³-hybridized carbons (Fsp3) is 0.375. The number of hydrogen-bond donors (Lipinski definition) is 1. The topological polar surface area (TPSA) is 59.2 Å². The molecule has 1 saturated carbocycles. The first-order valence-electron chi connectivity index (χ1n) is 7.15. The molecule has 2 aromatic rings. The summed E-state index contributed by atoms with van der Waals surface area (Å²) in [6, 6.07) is 8.41. The van der Waals surface area contributed by atoms with Gasteiger partial charge in [-0.05, 0) is 18.2 Å². The van der Waals surface area contributed by atoms with Crippen molar-refractivity contribution in [3.63, 3.8) is 0 Å². The van der Waals surface area contributed by atoms with Gasteiger partial charge in [-0.3, -0.25) is 9.78 Å². The summed E-state index contributed by atoms with van der Waals surface area (Å²) >= 11 is 0. The van der Waals surface area contributed by atoms with Gasteiger partial charge in [-0.2, -0.15) is 0 Å². The first-order chi connectivity index (χ1) is 9.75. The van der Waals surface area contributed by atoms with Crippen LogP contribution in [0.25, 0.3) is 10.8 Å². The fourth-order valence-corrected chi connectivity index (χ4v) is 3.32. The predicted octanol–water partition coefficient (Wildman–Crippen LogP) is 2.00. The van der Waals surface area contributed by atoms with Gasteiger partial charge in [0.15, 0.2) is 0 Å². The minimum absolute atomic E-state index is 0.0198. The Morgan fingerprint density at radius 2 is 2.00 bits per heavy atom. The molecule has 0 bridgehead atoms. The van der Waals surface area contributed by atoms with E-state index in [-0.39, 0.29) is 18.0 Å². The lowest BCUT2D eigenvalue weighted by molar-refractivity contribution is -0.129. The number of carbonyl (C=O) groups is 1. The monoisotopic (exact) mass is 267 g/mol. The lowest BCUT2D eigenvalue weighted by Crippen LogP contribution is -2.34. The van der Waals surface area contributed by atoms with E-state index in [1.54, 1.807) is 0 Å². The normalized spacial score (nSPS) is 26.4. The summed E-state index contributed by atoms with van der Waals surface area (Å²) in [5.74, 6) is 0.193. The Morgan fingerprint density at radius 3 is 2.80 bits per heavy atom. The van der Waals surface area contributed by atoms with Gasteiger partial charge in [-0.15, -0.1) is 0 Å². The molecule has 4 heteroatoms. The van der Waals surface area contributed by atoms with Crippen molar-refractivity contribution >= 4 is 16.7 Å². The van der Waals surface area contributed by atoms with Gasteiger partial charge in [-0.1, -0.05) is 24.3 Å². The van der Waals surface area contributed by atoms with E-state index in [0.717, 1.165) is 29.2 Å². The summed E-state index contributed by atoms with van der Waals surface area (Å²) in [7, 11) is 0. The van der Waals surface area contributed by atoms with Crippen molar-refractivity contribution in [3.05, 3.63) is 42.2 Å². The van der Waals surface area contributed by atoms with Crippen LogP contribution in [-0.2, 0) is 4.79 Å². The molecule has 2 heterocycles. The molecular weight excluding hydrogens is 250 g/mol. The number of carbonyl (C=O) groups excluding carboxylic acids is 1. The van der Waals surface area contributed by atoms with Crippen LogP contribution in [0.5, 0.6) is 0 Å². The van der Waals surface area contributed by atoms with E-state index in [9.17, 15) is 4.79 Å². The van der Waals surface area contributed by atoms with Gasteiger partial charge in [0, 0.05) is 41.8 Å². The highest BCUT2D eigenvalue weighted by Gasteiger charge is 2.46. The number of nitrogens with zero attached hydrogens (tertiary/aromatic N) is 2.